The van der Waals surface area contributed by atoms with Crippen molar-refractivity contribution in [2.75, 3.05) is 32.8 Å². The average Bonchev–Trinajstić information content (AvgIpc) is 3.39. The molecule has 3 aliphatic rings. The van der Waals surface area contributed by atoms with Gasteiger partial charge in [-0.15, -0.1) is 0 Å². The Balaban J connectivity index is 1.46. The zero-order valence-electron chi connectivity index (χ0n) is 16.3. The largest absolute Gasteiger partial charge is 0.487 e. The minimum Gasteiger partial charge on any atom is -0.487 e. The molecular formula is C21H29N3O4. The van der Waals surface area contributed by atoms with Crippen molar-refractivity contribution in [1.82, 2.24) is 14.8 Å². The predicted octanol–water partition coefficient (Wildman–Crippen LogP) is 1.87. The topological polar surface area (TPSA) is 72.0 Å². The predicted molar refractivity (Wildman–Crippen MR) is 103 cm³/mol. The molecule has 0 radical (unpaired) electrons. The normalized spacial score (nSPS) is 25.9. The van der Waals surface area contributed by atoms with E-state index in [4.69, 9.17) is 9.47 Å². The number of carbonyl (C=O) groups is 2. The van der Waals surface area contributed by atoms with Crippen LogP contribution in [-0.2, 0) is 14.3 Å². The molecule has 28 heavy (non-hydrogen) atoms. The first-order valence-corrected chi connectivity index (χ1v) is 10.4. The zero-order valence-corrected chi connectivity index (χ0v) is 16.3. The van der Waals surface area contributed by atoms with E-state index in [-0.39, 0.29) is 17.9 Å². The zero-order chi connectivity index (χ0) is 19.3. The third kappa shape index (κ3) is 4.46. The molecule has 2 atom stereocenters. The molecule has 2 aliphatic heterocycles. The molecule has 2 saturated heterocycles. The number of morpholine rings is 1. The van der Waals surface area contributed by atoms with Crippen molar-refractivity contribution in [2.24, 2.45) is 5.92 Å². The van der Waals surface area contributed by atoms with Gasteiger partial charge in [0.1, 0.15) is 17.9 Å². The van der Waals surface area contributed by atoms with Gasteiger partial charge in [-0.3, -0.25) is 14.6 Å². The van der Waals surface area contributed by atoms with Crippen LogP contribution < -0.4 is 4.74 Å². The summed E-state index contributed by atoms with van der Waals surface area (Å²) in [6.07, 6.45) is 8.92. The van der Waals surface area contributed by atoms with Gasteiger partial charge in [0.25, 0.3) is 0 Å². The lowest BCUT2D eigenvalue weighted by Gasteiger charge is -2.32. The summed E-state index contributed by atoms with van der Waals surface area (Å²) in [5.74, 6) is 1.26. The van der Waals surface area contributed by atoms with Crippen LogP contribution >= 0.6 is 0 Å². The minimum absolute atomic E-state index is 0.0281. The summed E-state index contributed by atoms with van der Waals surface area (Å²) in [7, 11) is 0. The molecule has 1 aromatic heterocycles. The molecule has 0 aromatic carbocycles. The molecule has 1 aromatic rings. The quantitative estimate of drug-likeness (QED) is 0.771. The van der Waals surface area contributed by atoms with E-state index in [2.05, 4.69) is 4.98 Å². The molecule has 4 rings (SSSR count). The summed E-state index contributed by atoms with van der Waals surface area (Å²) in [6, 6.07) is 3.24. The van der Waals surface area contributed by atoms with Gasteiger partial charge < -0.3 is 19.3 Å². The number of hydrogen-bond donors (Lipinski definition) is 0. The van der Waals surface area contributed by atoms with Crippen LogP contribution in [0.2, 0.25) is 0 Å². The Morgan fingerprint density at radius 3 is 2.71 bits per heavy atom. The van der Waals surface area contributed by atoms with Gasteiger partial charge in [-0.25, -0.2) is 0 Å². The highest BCUT2D eigenvalue weighted by atomic mass is 16.5. The fraction of sp³-hybridized carbons (Fsp3) is 0.667. The summed E-state index contributed by atoms with van der Waals surface area (Å²) < 4.78 is 11.4. The molecule has 1 aliphatic carbocycles. The van der Waals surface area contributed by atoms with Crippen LogP contribution in [0.3, 0.4) is 0 Å². The SMILES string of the molecule is O=C([C@@H]1C[C@H](Oc2cccnc2)CN1C(=O)CC1CCCC1)N1CCOCC1. The van der Waals surface area contributed by atoms with Crippen LogP contribution in [0.4, 0.5) is 0 Å². The standard InChI is InChI=1S/C21H29N3O4/c25-20(12-16-4-1-2-5-16)24-15-18(28-17-6-3-7-22-14-17)13-19(24)21(26)23-8-10-27-11-9-23/h3,6-7,14,16,18-19H,1-2,4-5,8-13,15H2/t18-,19-/m0/s1. The lowest BCUT2D eigenvalue weighted by molar-refractivity contribution is -0.146. The van der Waals surface area contributed by atoms with Gasteiger partial charge in [-0.1, -0.05) is 12.8 Å². The van der Waals surface area contributed by atoms with Crippen molar-refractivity contribution >= 4 is 11.8 Å². The van der Waals surface area contributed by atoms with Crippen molar-refractivity contribution in [3.8, 4) is 5.75 Å². The molecule has 1 saturated carbocycles. The molecule has 152 valence electrons. The van der Waals surface area contributed by atoms with Crippen LogP contribution in [0.5, 0.6) is 5.75 Å². The summed E-state index contributed by atoms with van der Waals surface area (Å²) in [5, 5.41) is 0. The minimum atomic E-state index is -0.436. The second kappa shape index (κ2) is 8.90. The van der Waals surface area contributed by atoms with Crippen molar-refractivity contribution in [3.63, 3.8) is 0 Å². The Hall–Kier alpha value is -2.15. The maximum absolute atomic E-state index is 13.2. The Labute approximate surface area is 166 Å². The van der Waals surface area contributed by atoms with E-state index >= 15 is 0 Å². The van der Waals surface area contributed by atoms with Gasteiger partial charge in [-0.05, 0) is 30.9 Å². The number of nitrogens with zero attached hydrogens (tertiary/aromatic N) is 3. The Morgan fingerprint density at radius 2 is 2.00 bits per heavy atom. The van der Waals surface area contributed by atoms with Crippen molar-refractivity contribution in [2.45, 2.75) is 50.7 Å². The van der Waals surface area contributed by atoms with E-state index in [0.717, 1.165) is 12.8 Å². The van der Waals surface area contributed by atoms with E-state index in [1.807, 2.05) is 17.0 Å². The number of carbonyl (C=O) groups excluding carboxylic acids is 2. The van der Waals surface area contributed by atoms with Crippen molar-refractivity contribution in [3.05, 3.63) is 24.5 Å². The average molecular weight is 387 g/mol. The molecule has 0 N–H and O–H groups in total. The molecular weight excluding hydrogens is 358 g/mol. The molecule has 0 unspecified atom stereocenters. The number of hydrogen-bond acceptors (Lipinski definition) is 5. The van der Waals surface area contributed by atoms with E-state index in [1.165, 1.54) is 12.8 Å². The maximum atomic E-state index is 13.2. The number of ether oxygens (including phenoxy) is 2. The van der Waals surface area contributed by atoms with E-state index in [9.17, 15) is 9.59 Å². The molecule has 3 fully saturated rings. The van der Waals surface area contributed by atoms with Crippen LogP contribution in [0.15, 0.2) is 24.5 Å². The number of likely N-dealkylation sites (tertiary alicyclic amines) is 1. The van der Waals surface area contributed by atoms with Gasteiger partial charge in [0.2, 0.25) is 11.8 Å². The summed E-state index contributed by atoms with van der Waals surface area (Å²) in [5.41, 5.74) is 0. The number of amides is 2. The highest BCUT2D eigenvalue weighted by Gasteiger charge is 2.43. The van der Waals surface area contributed by atoms with Crippen molar-refractivity contribution < 1.29 is 19.1 Å². The third-order valence-electron chi connectivity index (χ3n) is 6.07. The third-order valence-corrected chi connectivity index (χ3v) is 6.07. The fourth-order valence-electron chi connectivity index (χ4n) is 4.57. The van der Waals surface area contributed by atoms with Gasteiger partial charge in [0.05, 0.1) is 26.0 Å². The summed E-state index contributed by atoms with van der Waals surface area (Å²) in [6.45, 7) is 2.76. The first kappa shape index (κ1) is 19.2. The highest BCUT2D eigenvalue weighted by Crippen LogP contribution is 2.31. The van der Waals surface area contributed by atoms with E-state index in [0.29, 0.717) is 57.4 Å². The molecule has 7 heteroatoms. The molecule has 0 spiro atoms. The van der Waals surface area contributed by atoms with Gasteiger partial charge >= 0.3 is 0 Å². The van der Waals surface area contributed by atoms with E-state index < -0.39 is 6.04 Å². The Bertz CT molecular complexity index is 671. The lowest BCUT2D eigenvalue weighted by atomic mass is 10.0. The fourth-order valence-corrected chi connectivity index (χ4v) is 4.57. The van der Waals surface area contributed by atoms with Crippen molar-refractivity contribution in [1.29, 1.82) is 0 Å². The smallest absolute Gasteiger partial charge is 0.245 e. The van der Waals surface area contributed by atoms with Crippen LogP contribution in [0.1, 0.15) is 38.5 Å². The molecule has 0 bridgehead atoms. The van der Waals surface area contributed by atoms with Crippen LogP contribution in [0, 0.1) is 5.92 Å². The van der Waals surface area contributed by atoms with Crippen LogP contribution in [0.25, 0.3) is 0 Å². The summed E-state index contributed by atoms with van der Waals surface area (Å²) >= 11 is 0. The Morgan fingerprint density at radius 1 is 1.21 bits per heavy atom. The van der Waals surface area contributed by atoms with E-state index in [1.54, 1.807) is 17.3 Å². The molecule has 3 heterocycles. The Kier molecular flexibility index (Phi) is 6.10. The monoisotopic (exact) mass is 387 g/mol. The lowest BCUT2D eigenvalue weighted by Crippen LogP contribution is -2.51. The number of aromatic nitrogens is 1. The number of rotatable bonds is 5. The van der Waals surface area contributed by atoms with Gasteiger partial charge in [-0.2, -0.15) is 0 Å². The molecule has 2 amide bonds. The highest BCUT2D eigenvalue weighted by molar-refractivity contribution is 5.88. The number of pyridine rings is 1. The second-order valence-corrected chi connectivity index (χ2v) is 8.02. The second-order valence-electron chi connectivity index (χ2n) is 8.02. The first-order chi connectivity index (χ1) is 13.7. The van der Waals surface area contributed by atoms with Crippen LogP contribution in [-0.4, -0.2) is 71.6 Å². The molecule has 7 nitrogen and oxygen atoms in total. The summed E-state index contributed by atoms with van der Waals surface area (Å²) in [4.78, 5) is 33.9. The van der Waals surface area contributed by atoms with Gasteiger partial charge in [0, 0.05) is 32.1 Å². The first-order valence-electron chi connectivity index (χ1n) is 10.4. The maximum Gasteiger partial charge on any atom is 0.245 e. The van der Waals surface area contributed by atoms with Gasteiger partial charge in [0.15, 0.2) is 0 Å².